The summed E-state index contributed by atoms with van der Waals surface area (Å²) in [6.45, 7) is 7.10. The number of hydrogen-bond acceptors (Lipinski definition) is 5. The molecule has 0 aromatic heterocycles. The first kappa shape index (κ1) is 18.7. The van der Waals surface area contributed by atoms with Gasteiger partial charge < -0.3 is 4.90 Å². The average molecular weight is 383 g/mol. The average Bonchev–Trinajstić information content (AvgIpc) is 2.94. The Hall–Kier alpha value is -1.05. The summed E-state index contributed by atoms with van der Waals surface area (Å²) in [5.74, 6) is 1.22. The van der Waals surface area contributed by atoms with Gasteiger partial charge in [0.05, 0.1) is 17.3 Å². The van der Waals surface area contributed by atoms with Crippen LogP contribution >= 0.6 is 11.8 Å². The molecule has 0 bridgehead atoms. The maximum atomic E-state index is 12.5. The lowest BCUT2D eigenvalue weighted by Gasteiger charge is -2.37. The molecule has 0 spiro atoms. The number of carbonyl (C=O) groups is 1. The van der Waals surface area contributed by atoms with Gasteiger partial charge in [-0.3, -0.25) is 9.69 Å². The minimum atomic E-state index is -2.85. The third kappa shape index (κ3) is 4.77. The van der Waals surface area contributed by atoms with Gasteiger partial charge in [0.15, 0.2) is 9.84 Å². The van der Waals surface area contributed by atoms with Crippen LogP contribution in [0.15, 0.2) is 23.1 Å². The van der Waals surface area contributed by atoms with Crippen molar-refractivity contribution in [2.75, 3.05) is 43.4 Å². The summed E-state index contributed by atoms with van der Waals surface area (Å²) < 4.78 is 23.3. The molecular formula is C18H26N2O3S2. The topological polar surface area (TPSA) is 57.7 Å². The molecule has 0 unspecified atom stereocenters. The minimum Gasteiger partial charge on any atom is -0.339 e. The first-order chi connectivity index (χ1) is 11.8. The van der Waals surface area contributed by atoms with Gasteiger partial charge in [0, 0.05) is 37.1 Å². The van der Waals surface area contributed by atoms with Crippen molar-refractivity contribution in [1.29, 1.82) is 0 Å². The van der Waals surface area contributed by atoms with E-state index in [0.717, 1.165) is 24.4 Å². The zero-order chi connectivity index (χ0) is 18.0. The Bertz CT molecular complexity index is 741. The highest BCUT2D eigenvalue weighted by molar-refractivity contribution is 8.00. The number of amides is 1. The largest absolute Gasteiger partial charge is 0.339 e. The summed E-state index contributed by atoms with van der Waals surface area (Å²) >= 11 is 1.60. The quantitative estimate of drug-likeness (QED) is 0.743. The molecule has 1 aromatic carbocycles. The molecular weight excluding hydrogens is 356 g/mol. The van der Waals surface area contributed by atoms with E-state index in [-0.39, 0.29) is 17.7 Å². The number of nitrogens with zero attached hydrogens (tertiary/aromatic N) is 2. The van der Waals surface area contributed by atoms with Crippen molar-refractivity contribution < 1.29 is 13.2 Å². The van der Waals surface area contributed by atoms with E-state index in [4.69, 9.17) is 0 Å². The number of aryl methyl sites for hydroxylation is 2. The fourth-order valence-electron chi connectivity index (χ4n) is 3.59. The van der Waals surface area contributed by atoms with Crippen molar-refractivity contribution in [3.05, 3.63) is 29.3 Å². The van der Waals surface area contributed by atoms with E-state index in [2.05, 4.69) is 36.9 Å². The van der Waals surface area contributed by atoms with Crippen molar-refractivity contribution in [3.8, 4) is 0 Å². The normalized spacial score (nSPS) is 23.8. The van der Waals surface area contributed by atoms with Gasteiger partial charge in [-0.25, -0.2) is 8.42 Å². The van der Waals surface area contributed by atoms with Gasteiger partial charge in [-0.15, -0.1) is 11.8 Å². The Labute approximate surface area is 154 Å². The molecule has 1 atom stereocenters. The van der Waals surface area contributed by atoms with Gasteiger partial charge in [-0.05, 0) is 31.9 Å². The van der Waals surface area contributed by atoms with Crippen LogP contribution in [0.2, 0.25) is 0 Å². The second kappa shape index (κ2) is 7.68. The lowest BCUT2D eigenvalue weighted by atomic mass is 10.2. The predicted molar refractivity (Wildman–Crippen MR) is 102 cm³/mol. The van der Waals surface area contributed by atoms with E-state index in [1.165, 1.54) is 11.1 Å². The maximum absolute atomic E-state index is 12.5. The van der Waals surface area contributed by atoms with Gasteiger partial charge in [0.1, 0.15) is 0 Å². The van der Waals surface area contributed by atoms with Gasteiger partial charge in [0.25, 0.3) is 0 Å². The molecule has 1 amide bonds. The Morgan fingerprint density at radius 1 is 1.20 bits per heavy atom. The van der Waals surface area contributed by atoms with Crippen LogP contribution in [0.1, 0.15) is 17.5 Å². The monoisotopic (exact) mass is 382 g/mol. The van der Waals surface area contributed by atoms with E-state index in [0.29, 0.717) is 24.6 Å². The van der Waals surface area contributed by atoms with Crippen molar-refractivity contribution in [2.24, 2.45) is 0 Å². The summed E-state index contributed by atoms with van der Waals surface area (Å²) in [4.78, 5) is 17.8. The Morgan fingerprint density at radius 3 is 2.52 bits per heavy atom. The summed E-state index contributed by atoms with van der Waals surface area (Å²) in [7, 11) is -2.85. The molecule has 2 fully saturated rings. The molecule has 1 aromatic rings. The highest BCUT2D eigenvalue weighted by Crippen LogP contribution is 2.24. The molecule has 0 aliphatic carbocycles. The molecule has 2 saturated heterocycles. The number of benzene rings is 1. The summed E-state index contributed by atoms with van der Waals surface area (Å²) in [6, 6.07) is 6.45. The van der Waals surface area contributed by atoms with Crippen molar-refractivity contribution in [3.63, 3.8) is 0 Å². The highest BCUT2D eigenvalue weighted by atomic mass is 32.2. The van der Waals surface area contributed by atoms with Crippen LogP contribution in [0.5, 0.6) is 0 Å². The van der Waals surface area contributed by atoms with Crippen LogP contribution in [-0.2, 0) is 14.6 Å². The van der Waals surface area contributed by atoms with E-state index in [1.54, 1.807) is 11.8 Å². The molecule has 7 heteroatoms. The van der Waals surface area contributed by atoms with Crippen LogP contribution < -0.4 is 0 Å². The predicted octanol–water partition coefficient (Wildman–Crippen LogP) is 1.73. The minimum absolute atomic E-state index is 0.145. The smallest absolute Gasteiger partial charge is 0.233 e. The zero-order valence-electron chi connectivity index (χ0n) is 14.9. The number of sulfone groups is 1. The van der Waals surface area contributed by atoms with Crippen LogP contribution in [0.25, 0.3) is 0 Å². The second-order valence-electron chi connectivity index (χ2n) is 7.03. The molecule has 2 aliphatic heterocycles. The summed E-state index contributed by atoms with van der Waals surface area (Å²) in [5.41, 5.74) is 2.45. The lowest BCUT2D eigenvalue weighted by molar-refractivity contribution is -0.130. The molecule has 0 saturated carbocycles. The standard InChI is InChI=1S/C18H26N2O3S2/c1-14-3-4-17(15(2)11-14)24-12-18(21)20-8-6-19(7-9-20)16-5-10-25(22,23)13-16/h3-4,11,16H,5-10,12-13H2,1-2H3/t16-/m0/s1. The number of rotatable bonds is 4. The van der Waals surface area contributed by atoms with Crippen molar-refractivity contribution >= 4 is 27.5 Å². The SMILES string of the molecule is Cc1ccc(SCC(=O)N2CCN([C@H]3CCS(=O)(=O)C3)CC2)c(C)c1. The van der Waals surface area contributed by atoms with Crippen LogP contribution in [-0.4, -0.2) is 73.6 Å². The van der Waals surface area contributed by atoms with Gasteiger partial charge in [-0.2, -0.15) is 0 Å². The third-order valence-electron chi connectivity index (χ3n) is 5.07. The Morgan fingerprint density at radius 2 is 1.92 bits per heavy atom. The zero-order valence-corrected chi connectivity index (χ0v) is 16.5. The summed E-state index contributed by atoms with van der Waals surface area (Å²) in [5, 5.41) is 0. The van der Waals surface area contributed by atoms with E-state index >= 15 is 0 Å². The van der Waals surface area contributed by atoms with Gasteiger partial charge >= 0.3 is 0 Å². The van der Waals surface area contributed by atoms with Gasteiger partial charge in [-0.1, -0.05) is 17.7 Å². The van der Waals surface area contributed by atoms with Crippen LogP contribution in [0, 0.1) is 13.8 Å². The van der Waals surface area contributed by atoms with Crippen LogP contribution in [0.3, 0.4) is 0 Å². The Kier molecular flexibility index (Phi) is 5.75. The van der Waals surface area contributed by atoms with E-state index in [1.807, 2.05) is 4.90 Å². The molecule has 138 valence electrons. The molecule has 3 rings (SSSR count). The molecule has 2 heterocycles. The lowest BCUT2D eigenvalue weighted by Crippen LogP contribution is -2.52. The van der Waals surface area contributed by atoms with Crippen molar-refractivity contribution in [1.82, 2.24) is 9.80 Å². The fraction of sp³-hybridized carbons (Fsp3) is 0.611. The van der Waals surface area contributed by atoms with Crippen LogP contribution in [0.4, 0.5) is 0 Å². The number of piperazine rings is 1. The Balaban J connectivity index is 1.47. The molecule has 5 nitrogen and oxygen atoms in total. The number of carbonyl (C=O) groups excluding carboxylic acids is 1. The van der Waals surface area contributed by atoms with Gasteiger partial charge in [0.2, 0.25) is 5.91 Å². The van der Waals surface area contributed by atoms with E-state index in [9.17, 15) is 13.2 Å². The molecule has 0 N–H and O–H groups in total. The highest BCUT2D eigenvalue weighted by Gasteiger charge is 2.34. The third-order valence-corrected chi connectivity index (χ3v) is 7.98. The molecule has 25 heavy (non-hydrogen) atoms. The second-order valence-corrected chi connectivity index (χ2v) is 10.3. The number of thioether (sulfide) groups is 1. The first-order valence-corrected chi connectivity index (χ1v) is 11.6. The molecule has 2 aliphatic rings. The van der Waals surface area contributed by atoms with E-state index < -0.39 is 9.84 Å². The fourth-order valence-corrected chi connectivity index (χ4v) is 6.27. The van der Waals surface area contributed by atoms with Crippen molar-refractivity contribution in [2.45, 2.75) is 31.2 Å². The maximum Gasteiger partial charge on any atom is 0.233 e. The first-order valence-electron chi connectivity index (χ1n) is 8.76. The molecule has 0 radical (unpaired) electrons. The summed E-state index contributed by atoms with van der Waals surface area (Å²) in [6.07, 6.45) is 0.735. The number of hydrogen-bond donors (Lipinski definition) is 0.